The van der Waals surface area contributed by atoms with Crippen molar-refractivity contribution in [3.8, 4) is 0 Å². The predicted octanol–water partition coefficient (Wildman–Crippen LogP) is 6.30. The molecule has 4 fully saturated rings. The lowest BCUT2D eigenvalue weighted by Crippen LogP contribution is -2.53. The average Bonchev–Trinajstić information content (AvgIpc) is 3.34. The Morgan fingerprint density at radius 1 is 0.938 bits per heavy atom. The zero-order valence-corrected chi connectivity index (χ0v) is 20.1. The fourth-order valence-electron chi connectivity index (χ4n) is 9.23. The minimum atomic E-state index is 0.177. The van der Waals surface area contributed by atoms with Crippen LogP contribution in [0.2, 0.25) is 0 Å². The summed E-state index contributed by atoms with van der Waals surface area (Å²) >= 11 is 0. The molecule has 8 atom stereocenters. The van der Waals surface area contributed by atoms with Gasteiger partial charge in [0.05, 0.1) is 0 Å². The van der Waals surface area contributed by atoms with Gasteiger partial charge in [-0.15, -0.1) is 0 Å². The molecular weight excluding hydrogens is 394 g/mol. The maximum atomic E-state index is 13.5. The van der Waals surface area contributed by atoms with E-state index in [-0.39, 0.29) is 11.3 Å². The number of rotatable bonds is 3. The Hall–Kier alpha value is -1.71. The Bertz CT molecular complexity index is 996. The molecule has 0 aliphatic heterocycles. The van der Waals surface area contributed by atoms with Crippen molar-refractivity contribution in [3.05, 3.63) is 24.3 Å². The highest BCUT2D eigenvalue weighted by Gasteiger charge is 2.60. The van der Waals surface area contributed by atoms with Crippen LogP contribution in [0.4, 0.5) is 0 Å². The first-order valence-corrected chi connectivity index (χ1v) is 13.2. The molecule has 32 heavy (non-hydrogen) atoms. The Labute approximate surface area is 192 Å². The van der Waals surface area contributed by atoms with Crippen LogP contribution in [0, 0.1) is 46.3 Å². The van der Waals surface area contributed by atoms with Gasteiger partial charge in [0.15, 0.2) is 5.78 Å². The van der Waals surface area contributed by atoms with E-state index in [1.165, 1.54) is 51.4 Å². The zero-order chi connectivity index (χ0) is 22.1. The van der Waals surface area contributed by atoms with E-state index in [1.54, 1.807) is 4.80 Å². The number of fused-ring (bicyclic) bond motifs is 6. The minimum Gasteiger partial charge on any atom is -0.297 e. The van der Waals surface area contributed by atoms with Crippen molar-refractivity contribution in [1.82, 2.24) is 15.0 Å². The molecule has 0 unspecified atom stereocenters. The van der Waals surface area contributed by atoms with E-state index in [0.717, 1.165) is 47.0 Å². The molecule has 2 aromatic rings. The fraction of sp³-hybridized carbons (Fsp3) is 0.750. The molecule has 4 heteroatoms. The molecule has 4 aliphatic rings. The first-order chi connectivity index (χ1) is 15.4. The molecule has 0 spiro atoms. The van der Waals surface area contributed by atoms with Gasteiger partial charge in [-0.3, -0.25) is 4.79 Å². The van der Waals surface area contributed by atoms with Crippen molar-refractivity contribution in [2.75, 3.05) is 0 Å². The van der Waals surface area contributed by atoms with Gasteiger partial charge in [0.2, 0.25) is 0 Å². The van der Waals surface area contributed by atoms with Gasteiger partial charge in [-0.1, -0.05) is 39.3 Å². The molecule has 1 aromatic heterocycles. The summed E-state index contributed by atoms with van der Waals surface area (Å²) in [5.41, 5.74) is 2.49. The smallest absolute Gasteiger partial charge is 0.159 e. The van der Waals surface area contributed by atoms with E-state index in [4.69, 9.17) is 0 Å². The van der Waals surface area contributed by atoms with Crippen molar-refractivity contribution in [2.45, 2.75) is 85.1 Å². The van der Waals surface area contributed by atoms with Gasteiger partial charge < -0.3 is 0 Å². The first-order valence-electron chi connectivity index (χ1n) is 13.2. The number of benzene rings is 1. The number of nitrogens with zero attached hydrogens (tertiary/aromatic N) is 3. The third kappa shape index (κ3) is 3.04. The largest absolute Gasteiger partial charge is 0.297 e. The van der Waals surface area contributed by atoms with Gasteiger partial charge in [-0.25, -0.2) is 0 Å². The predicted molar refractivity (Wildman–Crippen MR) is 127 cm³/mol. The van der Waals surface area contributed by atoms with Crippen molar-refractivity contribution in [3.63, 3.8) is 0 Å². The Kier molecular flexibility index (Phi) is 4.82. The fourth-order valence-corrected chi connectivity index (χ4v) is 9.23. The number of aromatic nitrogens is 3. The van der Waals surface area contributed by atoms with E-state index in [2.05, 4.69) is 31.0 Å². The second-order valence-corrected chi connectivity index (χ2v) is 12.4. The number of carbonyl (C=O) groups excluding carboxylic acids is 1. The molecule has 4 aliphatic carbocycles. The van der Waals surface area contributed by atoms with Crippen molar-refractivity contribution in [2.24, 2.45) is 46.3 Å². The van der Waals surface area contributed by atoms with Gasteiger partial charge in [-0.05, 0) is 104 Å². The van der Waals surface area contributed by atoms with E-state index in [9.17, 15) is 4.79 Å². The monoisotopic (exact) mass is 433 g/mol. The van der Waals surface area contributed by atoms with Gasteiger partial charge in [0.25, 0.3) is 0 Å². The van der Waals surface area contributed by atoms with Crippen LogP contribution in [0.3, 0.4) is 0 Å². The van der Waals surface area contributed by atoms with Crippen molar-refractivity contribution in [1.29, 1.82) is 0 Å². The standard InChI is InChI=1S/C28H39N3O/c1-18-12-14-27(2)19(16-18)8-9-20-21-10-11-23(28(21,3)15-13-22(20)27)26(32)17-31-29-24-6-4-5-7-25(24)30-31/h4-7,18-23H,8-17H2,1-3H3/t18-,19-,20-,21-,22-,23+,27-,28-/m0/s1. The molecule has 0 N–H and O–H groups in total. The summed E-state index contributed by atoms with van der Waals surface area (Å²) in [4.78, 5) is 15.2. The van der Waals surface area contributed by atoms with Crippen LogP contribution in [-0.4, -0.2) is 20.8 Å². The Morgan fingerprint density at radius 3 is 2.38 bits per heavy atom. The van der Waals surface area contributed by atoms with Gasteiger partial charge in [0, 0.05) is 5.92 Å². The second kappa shape index (κ2) is 7.40. The number of carbonyl (C=O) groups is 1. The summed E-state index contributed by atoms with van der Waals surface area (Å²) in [7, 11) is 0. The molecule has 6 rings (SSSR count). The summed E-state index contributed by atoms with van der Waals surface area (Å²) in [6, 6.07) is 7.90. The highest BCUT2D eigenvalue weighted by Crippen LogP contribution is 2.67. The van der Waals surface area contributed by atoms with Crippen LogP contribution in [0.5, 0.6) is 0 Å². The normalized spacial score (nSPS) is 43.5. The number of hydrogen-bond donors (Lipinski definition) is 0. The molecule has 0 radical (unpaired) electrons. The van der Waals surface area contributed by atoms with Crippen molar-refractivity contribution < 1.29 is 4.79 Å². The molecule has 1 aromatic carbocycles. The van der Waals surface area contributed by atoms with Crippen LogP contribution in [0.25, 0.3) is 11.0 Å². The summed E-state index contributed by atoms with van der Waals surface area (Å²) in [5.74, 6) is 4.86. The lowest BCUT2D eigenvalue weighted by Gasteiger charge is -2.61. The molecule has 1 heterocycles. The van der Waals surface area contributed by atoms with E-state index in [0.29, 0.717) is 17.7 Å². The number of Topliss-reactive ketones (excluding diaryl/α,β-unsaturated/α-hetero) is 1. The van der Waals surface area contributed by atoms with E-state index in [1.807, 2.05) is 24.3 Å². The average molecular weight is 434 g/mol. The molecule has 0 saturated heterocycles. The van der Waals surface area contributed by atoms with Crippen LogP contribution >= 0.6 is 0 Å². The molecule has 0 bridgehead atoms. The highest BCUT2D eigenvalue weighted by atomic mass is 16.1. The quantitative estimate of drug-likeness (QED) is 0.571. The SMILES string of the molecule is C[C@H]1CC[C@@]2(C)[C@@H](CC[C@@H]3[C@@H]2CC[C@]2(C)[C@@H](C(=O)Cn4nc5ccccc5n4)CC[C@@H]32)C1. The summed E-state index contributed by atoms with van der Waals surface area (Å²) < 4.78 is 0. The van der Waals surface area contributed by atoms with Gasteiger partial charge >= 0.3 is 0 Å². The Balaban J connectivity index is 1.21. The zero-order valence-electron chi connectivity index (χ0n) is 20.1. The van der Waals surface area contributed by atoms with Gasteiger partial charge in [-0.2, -0.15) is 15.0 Å². The topological polar surface area (TPSA) is 47.8 Å². The summed E-state index contributed by atoms with van der Waals surface area (Å²) in [6.45, 7) is 7.91. The molecule has 172 valence electrons. The lowest BCUT2D eigenvalue weighted by molar-refractivity contribution is -0.137. The third-order valence-corrected chi connectivity index (χ3v) is 10.9. The Morgan fingerprint density at radius 2 is 1.62 bits per heavy atom. The molecular formula is C28H39N3O. The first kappa shape index (κ1) is 20.9. The van der Waals surface area contributed by atoms with Crippen LogP contribution in [0.15, 0.2) is 24.3 Å². The maximum absolute atomic E-state index is 13.5. The highest BCUT2D eigenvalue weighted by molar-refractivity contribution is 5.82. The van der Waals surface area contributed by atoms with E-state index >= 15 is 0 Å². The van der Waals surface area contributed by atoms with Crippen molar-refractivity contribution >= 4 is 16.8 Å². The van der Waals surface area contributed by atoms with Gasteiger partial charge in [0.1, 0.15) is 17.6 Å². The number of ketones is 1. The van der Waals surface area contributed by atoms with Crippen LogP contribution in [-0.2, 0) is 11.3 Å². The van der Waals surface area contributed by atoms with E-state index < -0.39 is 0 Å². The molecule has 4 nitrogen and oxygen atoms in total. The summed E-state index contributed by atoms with van der Waals surface area (Å²) in [6.07, 6.45) is 12.0. The lowest BCUT2D eigenvalue weighted by atomic mass is 9.44. The number of hydrogen-bond acceptors (Lipinski definition) is 3. The second-order valence-electron chi connectivity index (χ2n) is 12.4. The van der Waals surface area contributed by atoms with Crippen LogP contribution < -0.4 is 0 Å². The molecule has 0 amide bonds. The molecule has 4 saturated carbocycles. The van der Waals surface area contributed by atoms with Crippen LogP contribution in [0.1, 0.15) is 78.6 Å². The maximum Gasteiger partial charge on any atom is 0.159 e. The third-order valence-electron chi connectivity index (χ3n) is 10.9. The summed E-state index contributed by atoms with van der Waals surface area (Å²) in [5, 5.41) is 9.12. The minimum absolute atomic E-state index is 0.177.